The van der Waals surface area contributed by atoms with Gasteiger partial charge in [0.1, 0.15) is 17.7 Å². The van der Waals surface area contributed by atoms with Gasteiger partial charge in [-0.15, -0.1) is 0 Å². The van der Waals surface area contributed by atoms with Crippen molar-refractivity contribution in [3.63, 3.8) is 0 Å². The lowest BCUT2D eigenvalue weighted by atomic mass is 9.99. The molecule has 0 bridgehead atoms. The summed E-state index contributed by atoms with van der Waals surface area (Å²) in [6, 6.07) is 13.3. The van der Waals surface area contributed by atoms with Crippen LogP contribution in [0.4, 0.5) is 0 Å². The van der Waals surface area contributed by atoms with Gasteiger partial charge in [0.25, 0.3) is 11.9 Å². The molecule has 0 fully saturated rings. The van der Waals surface area contributed by atoms with Gasteiger partial charge < -0.3 is 14.7 Å². The molecule has 0 radical (unpaired) electrons. The fourth-order valence-electron chi connectivity index (χ4n) is 3.12. The fraction of sp³-hybridized carbons (Fsp3) is 0.200. The average molecular weight is 403 g/mol. The van der Waals surface area contributed by atoms with Gasteiger partial charge in [0.15, 0.2) is 0 Å². The largest absolute Gasteiger partial charge is 0.480 e. The van der Waals surface area contributed by atoms with Gasteiger partial charge in [-0.05, 0) is 36.2 Å². The number of halogens is 2. The minimum absolute atomic E-state index is 0.0183. The molecule has 1 aliphatic rings. The molecule has 0 spiro atoms. The van der Waals surface area contributed by atoms with Crippen LogP contribution in [0, 0.1) is 11.3 Å². The van der Waals surface area contributed by atoms with Crippen molar-refractivity contribution < 1.29 is 14.6 Å². The molecule has 3 rings (SSSR count). The number of aliphatic hydroxyl groups is 1. The number of amides is 1. The van der Waals surface area contributed by atoms with E-state index in [9.17, 15) is 15.2 Å². The van der Waals surface area contributed by atoms with E-state index in [1.165, 1.54) is 4.90 Å². The van der Waals surface area contributed by atoms with Crippen molar-refractivity contribution >= 4 is 29.1 Å². The van der Waals surface area contributed by atoms with Crippen molar-refractivity contribution in [2.75, 3.05) is 6.61 Å². The Kier molecular flexibility index (Phi) is 5.59. The quantitative estimate of drug-likeness (QED) is 0.562. The molecule has 1 amide bonds. The number of hydrogen-bond acceptors (Lipinski definition) is 4. The molecule has 138 valence electrons. The first-order valence-electron chi connectivity index (χ1n) is 8.27. The minimum Gasteiger partial charge on any atom is -0.480 e. The van der Waals surface area contributed by atoms with Crippen LogP contribution in [-0.4, -0.2) is 22.5 Å². The van der Waals surface area contributed by atoms with Crippen molar-refractivity contribution in [1.82, 2.24) is 4.90 Å². The third-order valence-electron chi connectivity index (χ3n) is 4.30. The van der Waals surface area contributed by atoms with Crippen LogP contribution >= 0.6 is 23.2 Å². The normalized spacial score (nSPS) is 16.6. The number of nitriles is 1. The van der Waals surface area contributed by atoms with Gasteiger partial charge in [0.2, 0.25) is 0 Å². The van der Waals surface area contributed by atoms with E-state index in [0.717, 1.165) is 5.56 Å². The Hall–Kier alpha value is -2.68. The predicted octanol–water partition coefficient (Wildman–Crippen LogP) is 5.02. The lowest BCUT2D eigenvalue weighted by Gasteiger charge is -2.25. The Bertz CT molecular complexity index is 966. The van der Waals surface area contributed by atoms with Crippen molar-refractivity contribution in [1.29, 1.82) is 5.26 Å². The Morgan fingerprint density at radius 3 is 2.67 bits per heavy atom. The van der Waals surface area contributed by atoms with E-state index in [0.29, 0.717) is 21.2 Å². The smallest absolute Gasteiger partial charge is 0.293 e. The van der Waals surface area contributed by atoms with E-state index in [1.54, 1.807) is 49.4 Å². The second-order valence-electron chi connectivity index (χ2n) is 5.93. The van der Waals surface area contributed by atoms with Crippen LogP contribution in [0.1, 0.15) is 34.5 Å². The van der Waals surface area contributed by atoms with E-state index in [2.05, 4.69) is 0 Å². The monoisotopic (exact) mass is 402 g/mol. The van der Waals surface area contributed by atoms with Crippen molar-refractivity contribution in [2.24, 2.45) is 0 Å². The van der Waals surface area contributed by atoms with E-state index in [1.807, 2.05) is 6.07 Å². The molecule has 27 heavy (non-hydrogen) atoms. The molecule has 2 aromatic carbocycles. The summed E-state index contributed by atoms with van der Waals surface area (Å²) in [5, 5.41) is 20.6. The van der Waals surface area contributed by atoms with Gasteiger partial charge >= 0.3 is 0 Å². The molecular weight excluding hydrogens is 387 g/mol. The van der Waals surface area contributed by atoms with Crippen LogP contribution in [0.3, 0.4) is 0 Å². The summed E-state index contributed by atoms with van der Waals surface area (Å²) in [5.41, 5.74) is 1.86. The summed E-state index contributed by atoms with van der Waals surface area (Å²) < 4.78 is 5.13. The SMILES string of the molecule is CCO/C(O)=C(/C#N)C1c2ccccc2C(=O)N1Cc1ccc(Cl)c(Cl)c1. The number of aliphatic hydroxyl groups excluding tert-OH is 1. The predicted molar refractivity (Wildman–Crippen MR) is 102 cm³/mol. The summed E-state index contributed by atoms with van der Waals surface area (Å²) >= 11 is 12.0. The van der Waals surface area contributed by atoms with Crippen LogP contribution in [0.15, 0.2) is 54.0 Å². The van der Waals surface area contributed by atoms with Gasteiger partial charge in [-0.1, -0.05) is 47.5 Å². The van der Waals surface area contributed by atoms with Crippen LogP contribution in [0.5, 0.6) is 0 Å². The third-order valence-corrected chi connectivity index (χ3v) is 5.04. The minimum atomic E-state index is -0.750. The Labute approximate surface area is 167 Å². The molecule has 1 aliphatic heterocycles. The molecule has 0 aliphatic carbocycles. The molecule has 0 saturated heterocycles. The van der Waals surface area contributed by atoms with Gasteiger partial charge in [-0.3, -0.25) is 4.79 Å². The van der Waals surface area contributed by atoms with E-state index in [4.69, 9.17) is 27.9 Å². The maximum atomic E-state index is 13.0. The topological polar surface area (TPSA) is 73.6 Å². The number of hydrogen-bond donors (Lipinski definition) is 1. The highest BCUT2D eigenvalue weighted by molar-refractivity contribution is 6.42. The third kappa shape index (κ3) is 3.59. The lowest BCUT2D eigenvalue weighted by molar-refractivity contribution is 0.0700. The van der Waals surface area contributed by atoms with Crippen LogP contribution in [0.25, 0.3) is 0 Å². The van der Waals surface area contributed by atoms with E-state index >= 15 is 0 Å². The van der Waals surface area contributed by atoms with Gasteiger partial charge in [-0.25, -0.2) is 0 Å². The fourth-order valence-corrected chi connectivity index (χ4v) is 3.44. The lowest BCUT2D eigenvalue weighted by Crippen LogP contribution is -2.29. The average Bonchev–Trinajstić information content (AvgIpc) is 2.92. The maximum Gasteiger partial charge on any atom is 0.293 e. The Morgan fingerprint density at radius 1 is 1.26 bits per heavy atom. The van der Waals surface area contributed by atoms with Crippen LogP contribution in [0.2, 0.25) is 10.0 Å². The summed E-state index contributed by atoms with van der Waals surface area (Å²) in [4.78, 5) is 14.5. The maximum absolute atomic E-state index is 13.0. The molecule has 1 heterocycles. The molecule has 0 saturated carbocycles. The molecule has 1 atom stereocenters. The summed E-state index contributed by atoms with van der Waals surface area (Å²) in [6.45, 7) is 2.10. The zero-order chi connectivity index (χ0) is 19.6. The standard InChI is InChI=1S/C20H16Cl2N2O3/c1-2-27-20(26)15(10-23)18-13-5-3-4-6-14(13)19(25)24(18)11-12-7-8-16(21)17(22)9-12/h3-9,18,26H,2,11H2,1H3/b20-15-. The highest BCUT2D eigenvalue weighted by Crippen LogP contribution is 2.40. The molecule has 1 unspecified atom stereocenters. The number of benzene rings is 2. The first-order chi connectivity index (χ1) is 13.0. The van der Waals surface area contributed by atoms with Crippen molar-refractivity contribution in [2.45, 2.75) is 19.5 Å². The van der Waals surface area contributed by atoms with Crippen LogP contribution < -0.4 is 0 Å². The molecule has 0 aromatic heterocycles. The first kappa shape index (κ1) is 19.1. The van der Waals surface area contributed by atoms with Gasteiger partial charge in [0, 0.05) is 12.1 Å². The molecule has 1 N–H and O–H groups in total. The number of carbonyl (C=O) groups is 1. The number of fused-ring (bicyclic) bond motifs is 1. The van der Waals surface area contributed by atoms with Gasteiger partial charge in [0.05, 0.1) is 16.7 Å². The summed E-state index contributed by atoms with van der Waals surface area (Å²) in [7, 11) is 0. The Morgan fingerprint density at radius 2 is 2.00 bits per heavy atom. The zero-order valence-corrected chi connectivity index (χ0v) is 16.0. The van der Waals surface area contributed by atoms with E-state index in [-0.39, 0.29) is 24.6 Å². The highest BCUT2D eigenvalue weighted by Gasteiger charge is 2.40. The molecule has 2 aromatic rings. The number of nitrogens with zero attached hydrogens (tertiary/aromatic N) is 2. The summed E-state index contributed by atoms with van der Waals surface area (Å²) in [6.07, 6.45) is 0. The molecular formula is C20H16Cl2N2O3. The number of ether oxygens (including phenoxy) is 1. The van der Waals surface area contributed by atoms with Gasteiger partial charge in [-0.2, -0.15) is 5.26 Å². The number of carbonyl (C=O) groups excluding carboxylic acids is 1. The summed E-state index contributed by atoms with van der Waals surface area (Å²) in [5.74, 6) is -0.715. The highest BCUT2D eigenvalue weighted by atomic mass is 35.5. The molecule has 7 heteroatoms. The van der Waals surface area contributed by atoms with Crippen molar-refractivity contribution in [3.05, 3.63) is 80.7 Å². The first-order valence-corrected chi connectivity index (χ1v) is 9.03. The number of rotatable bonds is 5. The van der Waals surface area contributed by atoms with Crippen molar-refractivity contribution in [3.8, 4) is 6.07 Å². The second kappa shape index (κ2) is 7.91. The second-order valence-corrected chi connectivity index (χ2v) is 6.75. The van der Waals surface area contributed by atoms with Crippen LogP contribution in [-0.2, 0) is 11.3 Å². The zero-order valence-electron chi connectivity index (χ0n) is 14.4. The van der Waals surface area contributed by atoms with E-state index < -0.39 is 12.0 Å². The molecule has 5 nitrogen and oxygen atoms in total. The Balaban J connectivity index is 2.08.